The molecule has 0 aliphatic carbocycles. The third-order valence-electron chi connectivity index (χ3n) is 1.02. The fourth-order valence-electron chi connectivity index (χ4n) is 0.536. The Kier molecular flexibility index (Phi) is 1.77. The molecule has 0 fully saturated rings. The van der Waals surface area contributed by atoms with Gasteiger partial charge in [0.2, 0.25) is 0 Å². The summed E-state index contributed by atoms with van der Waals surface area (Å²) in [6, 6.07) is 3.56. The van der Waals surface area contributed by atoms with E-state index >= 15 is 0 Å². The van der Waals surface area contributed by atoms with Gasteiger partial charge in [-0.05, 0) is 13.0 Å². The number of nitrogens with zero attached hydrogens (tertiary/aromatic N) is 1. The van der Waals surface area contributed by atoms with Gasteiger partial charge in [0, 0.05) is 5.69 Å². The first-order chi connectivity index (χ1) is 4.20. The summed E-state index contributed by atoms with van der Waals surface area (Å²) in [6.07, 6.45) is 0. The predicted molar refractivity (Wildman–Crippen MR) is 39.4 cm³/mol. The first kappa shape index (κ1) is 6.62. The van der Waals surface area contributed by atoms with Crippen molar-refractivity contribution in [3.63, 3.8) is 0 Å². The Bertz CT molecular complexity index is 224. The monoisotopic (exact) mass is 137 g/mol. The zero-order valence-corrected chi connectivity index (χ0v) is 5.81. The molecule has 0 aliphatic heterocycles. The second kappa shape index (κ2) is 2.40. The minimum Gasteiger partial charge on any atom is -0.242 e. The number of aromatic nitrogens is 1. The van der Waals surface area contributed by atoms with E-state index in [1.165, 1.54) is 0 Å². The Balaban J connectivity index is 3.17. The van der Waals surface area contributed by atoms with Crippen LogP contribution in [0.4, 0.5) is 0 Å². The van der Waals surface area contributed by atoms with Gasteiger partial charge in [0.1, 0.15) is 13.0 Å². The fourth-order valence-corrected chi connectivity index (χ4v) is 0.732. The highest BCUT2D eigenvalue weighted by molar-refractivity contribution is 6.44. The standard InChI is InChI=1S/C6H5BClN/c1-4-2-3-5(7)6(8)9-4/h2-3H,1H3. The van der Waals surface area contributed by atoms with Gasteiger partial charge in [-0.25, -0.2) is 4.98 Å². The molecule has 0 bridgehead atoms. The van der Waals surface area contributed by atoms with E-state index in [1.807, 2.05) is 13.0 Å². The molecule has 1 rings (SSSR count). The molecule has 0 atom stereocenters. The molecule has 1 aromatic heterocycles. The average molecular weight is 137 g/mol. The van der Waals surface area contributed by atoms with Crippen molar-refractivity contribution in [3.05, 3.63) is 23.0 Å². The Morgan fingerprint density at radius 1 is 1.56 bits per heavy atom. The number of aryl methyl sites for hydroxylation is 1. The Labute approximate surface area is 60.5 Å². The summed E-state index contributed by atoms with van der Waals surface area (Å²) in [5.41, 5.74) is 1.41. The summed E-state index contributed by atoms with van der Waals surface area (Å²) in [5.74, 6) is 0. The lowest BCUT2D eigenvalue weighted by molar-refractivity contribution is 1.21. The summed E-state index contributed by atoms with van der Waals surface area (Å²) in [7, 11) is 5.39. The van der Waals surface area contributed by atoms with E-state index < -0.39 is 0 Å². The van der Waals surface area contributed by atoms with Gasteiger partial charge in [-0.3, -0.25) is 0 Å². The van der Waals surface area contributed by atoms with Crippen molar-refractivity contribution in [2.24, 2.45) is 0 Å². The van der Waals surface area contributed by atoms with Crippen LogP contribution in [0.3, 0.4) is 0 Å². The Morgan fingerprint density at radius 2 is 2.22 bits per heavy atom. The SMILES string of the molecule is [B]c1ccc(C)nc1Cl. The fraction of sp³-hybridized carbons (Fsp3) is 0.167. The molecule has 0 aliphatic rings. The van der Waals surface area contributed by atoms with Crippen molar-refractivity contribution < 1.29 is 0 Å². The minimum absolute atomic E-state index is 0.384. The molecule has 0 amide bonds. The van der Waals surface area contributed by atoms with E-state index in [9.17, 15) is 0 Å². The van der Waals surface area contributed by atoms with Gasteiger partial charge in [-0.2, -0.15) is 0 Å². The molecular weight excluding hydrogens is 132 g/mol. The molecule has 3 heteroatoms. The quantitative estimate of drug-likeness (QED) is 0.381. The normalized spacial score (nSPS) is 9.56. The number of hydrogen-bond donors (Lipinski definition) is 0. The number of rotatable bonds is 0. The van der Waals surface area contributed by atoms with E-state index in [4.69, 9.17) is 19.4 Å². The largest absolute Gasteiger partial charge is 0.242 e. The molecule has 0 saturated carbocycles. The average Bonchev–Trinajstić information content (AvgIpc) is 1.80. The first-order valence-corrected chi connectivity index (χ1v) is 2.96. The Hall–Kier alpha value is -0.495. The van der Waals surface area contributed by atoms with E-state index in [0.717, 1.165) is 5.69 Å². The maximum absolute atomic E-state index is 5.58. The summed E-state index contributed by atoms with van der Waals surface area (Å²) in [6.45, 7) is 1.87. The van der Waals surface area contributed by atoms with Crippen LogP contribution in [0, 0.1) is 6.92 Å². The molecular formula is C6H5BClN. The molecule has 2 radical (unpaired) electrons. The highest BCUT2D eigenvalue weighted by Gasteiger charge is 1.92. The highest BCUT2D eigenvalue weighted by atomic mass is 35.5. The zero-order chi connectivity index (χ0) is 6.85. The number of pyridine rings is 1. The van der Waals surface area contributed by atoms with Crippen LogP contribution in [0.2, 0.25) is 5.15 Å². The molecule has 0 aromatic carbocycles. The second-order valence-corrected chi connectivity index (χ2v) is 2.19. The van der Waals surface area contributed by atoms with Gasteiger partial charge in [0.15, 0.2) is 0 Å². The van der Waals surface area contributed by atoms with Crippen molar-refractivity contribution in [2.45, 2.75) is 6.92 Å². The maximum Gasteiger partial charge on any atom is 0.122 e. The van der Waals surface area contributed by atoms with Crippen molar-refractivity contribution in [1.29, 1.82) is 0 Å². The molecule has 0 N–H and O–H groups in total. The minimum atomic E-state index is 0.384. The van der Waals surface area contributed by atoms with Gasteiger partial charge in [0.25, 0.3) is 0 Å². The highest BCUT2D eigenvalue weighted by Crippen LogP contribution is 1.99. The van der Waals surface area contributed by atoms with Gasteiger partial charge < -0.3 is 0 Å². The molecule has 44 valence electrons. The van der Waals surface area contributed by atoms with Crippen LogP contribution in [-0.2, 0) is 0 Å². The van der Waals surface area contributed by atoms with Crippen LogP contribution in [0.25, 0.3) is 0 Å². The predicted octanol–water partition coefficient (Wildman–Crippen LogP) is 0.837. The van der Waals surface area contributed by atoms with Crippen LogP contribution in [0.15, 0.2) is 12.1 Å². The lowest BCUT2D eigenvalue weighted by atomic mass is 9.99. The lowest BCUT2D eigenvalue weighted by Gasteiger charge is -1.95. The lowest BCUT2D eigenvalue weighted by Crippen LogP contribution is -2.05. The molecule has 0 spiro atoms. The third-order valence-corrected chi connectivity index (χ3v) is 1.32. The van der Waals surface area contributed by atoms with Gasteiger partial charge in [0.05, 0.1) is 0 Å². The third kappa shape index (κ3) is 1.45. The Morgan fingerprint density at radius 3 is 2.67 bits per heavy atom. The smallest absolute Gasteiger partial charge is 0.122 e. The van der Waals surface area contributed by atoms with Crippen LogP contribution in [-0.4, -0.2) is 12.8 Å². The van der Waals surface area contributed by atoms with Crippen LogP contribution in [0.5, 0.6) is 0 Å². The van der Waals surface area contributed by atoms with E-state index in [1.54, 1.807) is 6.07 Å². The van der Waals surface area contributed by atoms with Crippen LogP contribution < -0.4 is 5.46 Å². The van der Waals surface area contributed by atoms with Crippen molar-refractivity contribution in [3.8, 4) is 0 Å². The van der Waals surface area contributed by atoms with Crippen LogP contribution in [0.1, 0.15) is 5.69 Å². The van der Waals surface area contributed by atoms with E-state index in [2.05, 4.69) is 4.98 Å². The zero-order valence-electron chi connectivity index (χ0n) is 5.06. The number of halogens is 1. The molecule has 0 unspecified atom stereocenters. The van der Waals surface area contributed by atoms with Crippen molar-refractivity contribution in [1.82, 2.24) is 4.98 Å². The van der Waals surface area contributed by atoms with Gasteiger partial charge >= 0.3 is 0 Å². The molecule has 1 aromatic rings. The summed E-state index contributed by atoms with van der Waals surface area (Å²) < 4.78 is 0. The maximum atomic E-state index is 5.58. The molecule has 1 heterocycles. The first-order valence-electron chi connectivity index (χ1n) is 2.59. The van der Waals surface area contributed by atoms with Gasteiger partial charge in [-0.15, -0.1) is 0 Å². The summed E-state index contributed by atoms with van der Waals surface area (Å²) in [5, 5.41) is 0.384. The van der Waals surface area contributed by atoms with E-state index in [0.29, 0.717) is 10.6 Å². The second-order valence-electron chi connectivity index (χ2n) is 1.83. The molecule has 9 heavy (non-hydrogen) atoms. The number of hydrogen-bond acceptors (Lipinski definition) is 1. The summed E-state index contributed by atoms with van der Waals surface area (Å²) >= 11 is 5.58. The topological polar surface area (TPSA) is 12.9 Å². The van der Waals surface area contributed by atoms with Crippen molar-refractivity contribution >= 4 is 24.9 Å². The molecule has 0 saturated heterocycles. The van der Waals surface area contributed by atoms with Crippen LogP contribution >= 0.6 is 11.6 Å². The van der Waals surface area contributed by atoms with Gasteiger partial charge in [-0.1, -0.05) is 23.1 Å². The molecule has 1 nitrogen and oxygen atoms in total. The van der Waals surface area contributed by atoms with Crippen molar-refractivity contribution in [2.75, 3.05) is 0 Å². The van der Waals surface area contributed by atoms with E-state index in [-0.39, 0.29) is 0 Å². The summed E-state index contributed by atoms with van der Waals surface area (Å²) in [4.78, 5) is 3.91.